The molecule has 1 saturated carbocycles. The maximum Gasteiger partial charge on any atom is 0.132 e. The van der Waals surface area contributed by atoms with Crippen LogP contribution in [0.5, 0.6) is 0 Å². The van der Waals surface area contributed by atoms with Gasteiger partial charge in [-0.1, -0.05) is 148 Å². The summed E-state index contributed by atoms with van der Waals surface area (Å²) in [6, 6.07) is 28.7. The van der Waals surface area contributed by atoms with Gasteiger partial charge < -0.3 is 16.0 Å². The number of allylic oxidation sites excluding steroid dienone is 9. The summed E-state index contributed by atoms with van der Waals surface area (Å²) >= 11 is 0. The Labute approximate surface area is 360 Å². The average molecular weight is 794 g/mol. The second-order valence-corrected chi connectivity index (χ2v) is 15.5. The highest BCUT2D eigenvalue weighted by Crippen LogP contribution is 2.56. The standard InChI is InChI=1S/C27H30N2.C20H19N3.C5H8.C3H6/c1-8-10-25(28-6)19-12-14-21-22-15-13-20(26(29-7)11-9-2)17-24(22)27(5,18(3)4)23(21)16-19;1-12-20(22-13(2)23(12)21)18-6-4-3-5-16(18)17-10-9-15(11-19(17)20)14-7-8-14;1-3-5-4-2;1-3-2/h8-17,28-29H,1-3H2,4-7H3;3-6,9-11,14,22H,1-2,7-8,21H2;3-5H,1H2,2H3;3H,1H2,2H3/b25-10-,26-11-;;5-4-;. The second kappa shape index (κ2) is 19.0. The first-order valence-electron chi connectivity index (χ1n) is 20.6. The van der Waals surface area contributed by atoms with Crippen LogP contribution >= 0.6 is 0 Å². The van der Waals surface area contributed by atoms with Gasteiger partial charge in [0.15, 0.2) is 0 Å². The minimum atomic E-state index is -0.483. The lowest BCUT2D eigenvalue weighted by atomic mass is 9.74. The van der Waals surface area contributed by atoms with Crippen molar-refractivity contribution in [2.24, 2.45) is 5.84 Å². The minimum Gasteiger partial charge on any atom is -0.388 e. The predicted octanol–water partition coefficient (Wildman–Crippen LogP) is 12.5. The fraction of sp³-hybridized carbons (Fsp3) is 0.200. The van der Waals surface area contributed by atoms with Crippen molar-refractivity contribution < 1.29 is 0 Å². The molecule has 60 heavy (non-hydrogen) atoms. The molecule has 4 aromatic rings. The molecule has 0 aromatic heterocycles. The molecule has 5 nitrogen and oxygen atoms in total. The van der Waals surface area contributed by atoms with Gasteiger partial charge in [-0.05, 0) is 132 Å². The molecule has 5 heteroatoms. The molecule has 1 atom stereocenters. The Balaban J connectivity index is 0.000000196. The van der Waals surface area contributed by atoms with Gasteiger partial charge in [-0.3, -0.25) is 5.01 Å². The number of rotatable bonds is 9. The van der Waals surface area contributed by atoms with Gasteiger partial charge in [0.1, 0.15) is 11.4 Å². The van der Waals surface area contributed by atoms with E-state index in [4.69, 9.17) is 5.84 Å². The first-order valence-corrected chi connectivity index (χ1v) is 20.6. The molecular formula is C55H63N5. The number of hydrogen-bond acceptors (Lipinski definition) is 5. The third-order valence-corrected chi connectivity index (χ3v) is 11.8. The molecule has 1 saturated heterocycles. The second-order valence-electron chi connectivity index (χ2n) is 15.5. The Morgan fingerprint density at radius 1 is 0.733 bits per heavy atom. The Morgan fingerprint density at radius 2 is 1.23 bits per heavy atom. The van der Waals surface area contributed by atoms with Crippen molar-refractivity contribution >= 4 is 11.4 Å². The fourth-order valence-electron chi connectivity index (χ4n) is 8.45. The molecule has 0 bridgehead atoms. The minimum absolute atomic E-state index is 0.253. The van der Waals surface area contributed by atoms with Crippen molar-refractivity contribution in [2.75, 3.05) is 14.1 Å². The van der Waals surface area contributed by atoms with Crippen molar-refractivity contribution in [2.45, 2.75) is 57.4 Å². The number of nitrogens with two attached hydrogens (primary N) is 1. The molecular weight excluding hydrogens is 731 g/mol. The monoisotopic (exact) mass is 794 g/mol. The van der Waals surface area contributed by atoms with E-state index in [9.17, 15) is 0 Å². The maximum absolute atomic E-state index is 6.17. The highest BCUT2D eigenvalue weighted by atomic mass is 15.5. The van der Waals surface area contributed by atoms with E-state index >= 15 is 0 Å². The molecule has 4 aromatic carbocycles. The molecule has 1 spiro atoms. The molecule has 0 radical (unpaired) electrons. The Bertz CT molecular complexity index is 2360. The fourth-order valence-corrected chi connectivity index (χ4v) is 8.45. The zero-order valence-corrected chi connectivity index (χ0v) is 36.6. The Morgan fingerprint density at radius 3 is 1.65 bits per heavy atom. The molecule has 1 unspecified atom stereocenters. The molecule has 4 aliphatic rings. The van der Waals surface area contributed by atoms with Crippen LogP contribution in [-0.2, 0) is 11.0 Å². The maximum atomic E-state index is 6.17. The summed E-state index contributed by atoms with van der Waals surface area (Å²) in [7, 11) is 3.87. The van der Waals surface area contributed by atoms with E-state index in [0.717, 1.165) is 33.8 Å². The van der Waals surface area contributed by atoms with Crippen molar-refractivity contribution in [3.63, 3.8) is 0 Å². The zero-order valence-electron chi connectivity index (χ0n) is 36.6. The molecule has 3 aliphatic carbocycles. The van der Waals surface area contributed by atoms with Crippen LogP contribution in [0, 0.1) is 0 Å². The molecule has 1 heterocycles. The molecule has 8 rings (SSSR count). The van der Waals surface area contributed by atoms with E-state index < -0.39 is 5.54 Å². The number of fused-ring (bicyclic) bond motifs is 8. The number of hydrogen-bond donors (Lipinski definition) is 4. The molecule has 5 N–H and O–H groups in total. The van der Waals surface area contributed by atoms with Crippen molar-refractivity contribution in [1.82, 2.24) is 21.0 Å². The quantitative estimate of drug-likeness (QED) is 0.0772. The number of nitrogens with one attached hydrogen (secondary N) is 3. The third-order valence-electron chi connectivity index (χ3n) is 11.8. The summed E-state index contributed by atoms with van der Waals surface area (Å²) in [6.07, 6.45) is 17.5. The smallest absolute Gasteiger partial charge is 0.132 e. The van der Waals surface area contributed by atoms with Gasteiger partial charge in [0.25, 0.3) is 0 Å². The van der Waals surface area contributed by atoms with E-state index in [1.165, 1.54) is 62.9 Å². The lowest BCUT2D eigenvalue weighted by Gasteiger charge is -2.29. The van der Waals surface area contributed by atoms with Crippen molar-refractivity contribution in [1.29, 1.82) is 0 Å². The van der Waals surface area contributed by atoms with Crippen molar-refractivity contribution in [3.05, 3.63) is 230 Å². The highest BCUT2D eigenvalue weighted by Gasteiger charge is 2.52. The van der Waals surface area contributed by atoms with E-state index in [1.807, 2.05) is 64.4 Å². The summed E-state index contributed by atoms with van der Waals surface area (Å²) in [6.45, 7) is 35.5. The summed E-state index contributed by atoms with van der Waals surface area (Å²) in [4.78, 5) is 0. The van der Waals surface area contributed by atoms with Crippen LogP contribution < -0.4 is 21.8 Å². The van der Waals surface area contributed by atoms with Crippen LogP contribution in [0.2, 0.25) is 0 Å². The predicted molar refractivity (Wildman–Crippen MR) is 261 cm³/mol. The summed E-state index contributed by atoms with van der Waals surface area (Å²) in [5.41, 5.74) is 17.1. The van der Waals surface area contributed by atoms with Gasteiger partial charge in [0.2, 0.25) is 0 Å². The average Bonchev–Trinajstić information content (AvgIpc) is 3.99. The van der Waals surface area contributed by atoms with E-state index in [-0.39, 0.29) is 5.41 Å². The highest BCUT2D eigenvalue weighted by molar-refractivity contribution is 5.87. The summed E-state index contributed by atoms with van der Waals surface area (Å²) in [5.74, 6) is 7.58. The van der Waals surface area contributed by atoms with Gasteiger partial charge in [0, 0.05) is 30.9 Å². The molecule has 2 fully saturated rings. The topological polar surface area (TPSA) is 65.3 Å². The van der Waals surface area contributed by atoms with Gasteiger partial charge >= 0.3 is 0 Å². The van der Waals surface area contributed by atoms with Gasteiger partial charge in [-0.25, -0.2) is 5.84 Å². The lowest BCUT2D eigenvalue weighted by molar-refractivity contribution is 0.468. The van der Waals surface area contributed by atoms with Crippen LogP contribution in [0.1, 0.15) is 85.4 Å². The van der Waals surface area contributed by atoms with Crippen LogP contribution in [0.3, 0.4) is 0 Å². The molecule has 1 aliphatic heterocycles. The van der Waals surface area contributed by atoms with Gasteiger partial charge in [-0.2, -0.15) is 0 Å². The van der Waals surface area contributed by atoms with Crippen LogP contribution in [0.25, 0.3) is 33.6 Å². The number of benzene rings is 4. The Hall–Kier alpha value is -6.56. The van der Waals surface area contributed by atoms with Gasteiger partial charge in [-0.15, -0.1) is 6.58 Å². The first kappa shape index (κ1) is 44.5. The normalized spacial score (nSPS) is 19.1. The van der Waals surface area contributed by atoms with E-state index in [2.05, 4.69) is 155 Å². The van der Waals surface area contributed by atoms with Crippen LogP contribution in [0.15, 0.2) is 191 Å². The summed E-state index contributed by atoms with van der Waals surface area (Å²) in [5, 5.41) is 11.7. The largest absolute Gasteiger partial charge is 0.388 e. The number of nitrogens with zero attached hydrogens (tertiary/aromatic N) is 1. The SMILES string of the molecule is C=C/C=C(\NC)c1ccc2c(c1)C(C)(C(=C)C)c1cc(/C(=C/C=C)NC)ccc1-2.C=C/C=C\C.C=C1NC2(C(=C)N1N)c1ccccc1-c1ccc(C3CC3)cc12.C=CC. The molecule has 308 valence electrons. The van der Waals surface area contributed by atoms with Crippen LogP contribution in [-0.4, -0.2) is 19.1 Å². The third kappa shape index (κ3) is 8.06. The summed E-state index contributed by atoms with van der Waals surface area (Å²) < 4.78 is 0. The van der Waals surface area contributed by atoms with Gasteiger partial charge in [0.05, 0.1) is 5.70 Å². The lowest BCUT2D eigenvalue weighted by Crippen LogP contribution is -2.37. The Kier molecular flexibility index (Phi) is 14.1. The number of hydrazine groups is 1. The molecule has 0 amide bonds. The zero-order chi connectivity index (χ0) is 43.8. The van der Waals surface area contributed by atoms with E-state index in [1.54, 1.807) is 17.2 Å². The van der Waals surface area contributed by atoms with Crippen molar-refractivity contribution in [3.8, 4) is 22.3 Å². The first-order chi connectivity index (χ1) is 28.9. The van der Waals surface area contributed by atoms with E-state index in [0.29, 0.717) is 11.7 Å². The van der Waals surface area contributed by atoms with Crippen LogP contribution in [0.4, 0.5) is 0 Å².